The second kappa shape index (κ2) is 3.18. The largest absolute Gasteiger partial charge is 0.381 e. The lowest BCUT2D eigenvalue weighted by Gasteiger charge is -2.03. The molecule has 1 heterocycles. The molecule has 0 aromatic carbocycles. The molecule has 0 saturated heterocycles. The number of nitrogens with zero attached hydrogens (tertiary/aromatic N) is 3. The first-order valence-electron chi connectivity index (χ1n) is 3.67. The molecule has 0 radical (unpaired) electrons. The monoisotopic (exact) mass is 162 g/mol. The zero-order chi connectivity index (χ0) is 9.14. The summed E-state index contributed by atoms with van der Waals surface area (Å²) in [6.07, 6.45) is 1.60. The van der Waals surface area contributed by atoms with Crippen molar-refractivity contribution >= 4 is 5.82 Å². The van der Waals surface area contributed by atoms with Gasteiger partial charge in [0.25, 0.3) is 0 Å². The molecule has 0 bridgehead atoms. The average molecular weight is 162 g/mol. The number of anilines is 1. The van der Waals surface area contributed by atoms with E-state index in [9.17, 15) is 0 Å². The van der Waals surface area contributed by atoms with Crippen LogP contribution < -0.4 is 5.73 Å². The Balaban J connectivity index is 3.16. The van der Waals surface area contributed by atoms with Crippen LogP contribution in [-0.4, -0.2) is 9.97 Å². The van der Waals surface area contributed by atoms with E-state index in [0.29, 0.717) is 0 Å². The second-order valence-electron chi connectivity index (χ2n) is 2.80. The van der Waals surface area contributed by atoms with Gasteiger partial charge in [0.2, 0.25) is 0 Å². The van der Waals surface area contributed by atoms with E-state index in [4.69, 9.17) is 11.0 Å². The maximum Gasteiger partial charge on any atom is 0.183 e. The molecule has 1 rings (SSSR count). The standard InChI is InChI=1S/C8H10N4/c1-5(2)7-4-11-8(10)6(3-9)12-7/h4-5H,1-2H3,(H2,10,11). The second-order valence-corrected chi connectivity index (χ2v) is 2.80. The van der Waals surface area contributed by atoms with E-state index in [0.717, 1.165) is 5.69 Å². The SMILES string of the molecule is CC(C)c1cnc(N)c(C#N)n1. The van der Waals surface area contributed by atoms with E-state index in [1.807, 2.05) is 19.9 Å². The number of nitriles is 1. The molecule has 0 unspecified atom stereocenters. The topological polar surface area (TPSA) is 75.6 Å². The fourth-order valence-corrected chi connectivity index (χ4v) is 0.773. The Labute approximate surface area is 71.1 Å². The van der Waals surface area contributed by atoms with Crippen molar-refractivity contribution in [2.45, 2.75) is 19.8 Å². The van der Waals surface area contributed by atoms with Crippen LogP contribution in [0.4, 0.5) is 5.82 Å². The number of nitrogen functional groups attached to an aromatic ring is 1. The molecule has 2 N–H and O–H groups in total. The molecular weight excluding hydrogens is 152 g/mol. The number of rotatable bonds is 1. The summed E-state index contributed by atoms with van der Waals surface area (Å²) in [4.78, 5) is 7.91. The van der Waals surface area contributed by atoms with Crippen molar-refractivity contribution in [1.82, 2.24) is 9.97 Å². The summed E-state index contributed by atoms with van der Waals surface area (Å²) in [6.45, 7) is 3.97. The van der Waals surface area contributed by atoms with Crippen LogP contribution >= 0.6 is 0 Å². The van der Waals surface area contributed by atoms with Gasteiger partial charge >= 0.3 is 0 Å². The maximum absolute atomic E-state index is 8.59. The van der Waals surface area contributed by atoms with Crippen molar-refractivity contribution in [2.75, 3.05) is 5.73 Å². The van der Waals surface area contributed by atoms with Crippen molar-refractivity contribution in [1.29, 1.82) is 5.26 Å². The number of nitrogens with two attached hydrogens (primary N) is 1. The van der Waals surface area contributed by atoms with Crippen LogP contribution in [0.3, 0.4) is 0 Å². The molecule has 12 heavy (non-hydrogen) atoms. The number of hydrogen-bond acceptors (Lipinski definition) is 4. The Morgan fingerprint density at radius 3 is 2.75 bits per heavy atom. The summed E-state index contributed by atoms with van der Waals surface area (Å²) in [5, 5.41) is 8.59. The van der Waals surface area contributed by atoms with Crippen LogP contribution in [0.25, 0.3) is 0 Å². The van der Waals surface area contributed by atoms with Crippen LogP contribution in [0.2, 0.25) is 0 Å². The quantitative estimate of drug-likeness (QED) is 0.669. The molecular formula is C8H10N4. The Hall–Kier alpha value is -1.63. The van der Waals surface area contributed by atoms with Gasteiger partial charge in [0, 0.05) is 0 Å². The highest BCUT2D eigenvalue weighted by molar-refractivity contribution is 5.43. The third-order valence-corrected chi connectivity index (χ3v) is 1.52. The lowest BCUT2D eigenvalue weighted by molar-refractivity contribution is 0.810. The number of hydrogen-bond donors (Lipinski definition) is 1. The Morgan fingerprint density at radius 1 is 1.58 bits per heavy atom. The minimum absolute atomic E-state index is 0.196. The lowest BCUT2D eigenvalue weighted by atomic mass is 10.1. The molecule has 4 nitrogen and oxygen atoms in total. The Morgan fingerprint density at radius 2 is 2.25 bits per heavy atom. The molecule has 0 spiro atoms. The fraction of sp³-hybridized carbons (Fsp3) is 0.375. The smallest absolute Gasteiger partial charge is 0.183 e. The van der Waals surface area contributed by atoms with Crippen molar-refractivity contribution < 1.29 is 0 Å². The van der Waals surface area contributed by atoms with Gasteiger partial charge in [-0.25, -0.2) is 9.97 Å². The van der Waals surface area contributed by atoms with Crippen molar-refractivity contribution in [3.63, 3.8) is 0 Å². The highest BCUT2D eigenvalue weighted by atomic mass is 14.9. The number of aromatic nitrogens is 2. The van der Waals surface area contributed by atoms with Gasteiger partial charge in [0.1, 0.15) is 6.07 Å². The molecule has 1 aromatic heterocycles. The van der Waals surface area contributed by atoms with Crippen LogP contribution in [0.1, 0.15) is 31.2 Å². The van der Waals surface area contributed by atoms with Crippen LogP contribution in [0.5, 0.6) is 0 Å². The van der Waals surface area contributed by atoms with Gasteiger partial charge < -0.3 is 5.73 Å². The Kier molecular flexibility index (Phi) is 2.24. The van der Waals surface area contributed by atoms with E-state index in [1.54, 1.807) is 6.20 Å². The summed E-state index contributed by atoms with van der Waals surface area (Å²) < 4.78 is 0. The molecule has 0 fully saturated rings. The van der Waals surface area contributed by atoms with Gasteiger partial charge in [-0.3, -0.25) is 0 Å². The van der Waals surface area contributed by atoms with Gasteiger partial charge in [0.15, 0.2) is 11.5 Å². The van der Waals surface area contributed by atoms with Crippen molar-refractivity contribution in [2.24, 2.45) is 0 Å². The molecule has 0 atom stereocenters. The molecule has 0 saturated carbocycles. The summed E-state index contributed by atoms with van der Waals surface area (Å²) in [5.41, 5.74) is 6.41. The van der Waals surface area contributed by atoms with E-state index in [-0.39, 0.29) is 17.4 Å². The van der Waals surface area contributed by atoms with Crippen molar-refractivity contribution in [3.8, 4) is 6.07 Å². The van der Waals surface area contributed by atoms with Crippen LogP contribution in [0.15, 0.2) is 6.20 Å². The van der Waals surface area contributed by atoms with Gasteiger partial charge in [0.05, 0.1) is 11.9 Å². The summed E-state index contributed by atoms with van der Waals surface area (Å²) in [6, 6.07) is 1.89. The van der Waals surface area contributed by atoms with E-state index in [1.165, 1.54) is 0 Å². The molecule has 0 aliphatic rings. The van der Waals surface area contributed by atoms with Crippen LogP contribution in [-0.2, 0) is 0 Å². The molecule has 4 heteroatoms. The molecule has 0 amide bonds. The summed E-state index contributed by atoms with van der Waals surface area (Å²) in [5.74, 6) is 0.465. The highest BCUT2D eigenvalue weighted by Gasteiger charge is 2.05. The van der Waals surface area contributed by atoms with Crippen LogP contribution in [0, 0.1) is 11.3 Å². The molecule has 1 aromatic rings. The Bertz CT molecular complexity index is 324. The first-order valence-corrected chi connectivity index (χ1v) is 3.67. The van der Waals surface area contributed by atoms with E-state index in [2.05, 4.69) is 9.97 Å². The fourth-order valence-electron chi connectivity index (χ4n) is 0.773. The molecule has 0 aliphatic heterocycles. The lowest BCUT2D eigenvalue weighted by Crippen LogP contribution is -2.02. The average Bonchev–Trinajstić information content (AvgIpc) is 2.05. The third kappa shape index (κ3) is 1.51. The summed E-state index contributed by atoms with van der Waals surface area (Å²) >= 11 is 0. The normalized spacial score (nSPS) is 9.83. The van der Waals surface area contributed by atoms with Gasteiger partial charge in [-0.2, -0.15) is 5.26 Å². The molecule has 0 aliphatic carbocycles. The van der Waals surface area contributed by atoms with Gasteiger partial charge in [-0.1, -0.05) is 13.8 Å². The zero-order valence-corrected chi connectivity index (χ0v) is 7.07. The van der Waals surface area contributed by atoms with Crippen molar-refractivity contribution in [3.05, 3.63) is 17.6 Å². The maximum atomic E-state index is 8.59. The first-order chi connectivity index (χ1) is 5.65. The highest BCUT2D eigenvalue weighted by Crippen LogP contribution is 2.12. The van der Waals surface area contributed by atoms with Gasteiger partial charge in [-0.15, -0.1) is 0 Å². The third-order valence-electron chi connectivity index (χ3n) is 1.52. The zero-order valence-electron chi connectivity index (χ0n) is 7.07. The minimum atomic E-state index is 0.196. The van der Waals surface area contributed by atoms with E-state index < -0.39 is 0 Å². The first kappa shape index (κ1) is 8.47. The van der Waals surface area contributed by atoms with Gasteiger partial charge in [-0.05, 0) is 5.92 Å². The minimum Gasteiger partial charge on any atom is -0.381 e. The van der Waals surface area contributed by atoms with E-state index >= 15 is 0 Å². The molecule has 62 valence electrons. The predicted molar refractivity (Wildman–Crippen MR) is 45.2 cm³/mol. The summed E-state index contributed by atoms with van der Waals surface area (Å²) in [7, 11) is 0. The predicted octanol–water partition coefficient (Wildman–Crippen LogP) is 1.05.